The molecule has 4 N–H and O–H groups in total. The number of benzene rings is 2. The van der Waals surface area contributed by atoms with Crippen molar-refractivity contribution in [2.75, 3.05) is 12.4 Å². The zero-order valence-electron chi connectivity index (χ0n) is 18.7. The molecule has 0 spiro atoms. The van der Waals surface area contributed by atoms with Crippen LogP contribution in [-0.2, 0) is 12.8 Å². The molecule has 1 amide bonds. The van der Waals surface area contributed by atoms with Gasteiger partial charge < -0.3 is 25.1 Å². The third-order valence-electron chi connectivity index (χ3n) is 5.73. The number of aromatic hydroxyl groups is 1. The number of carbonyl (C=O) groups is 1. The zero-order chi connectivity index (χ0) is 24.4. The first-order valence-electron chi connectivity index (χ1n) is 10.8. The molecule has 5 rings (SSSR count). The zero-order valence-corrected chi connectivity index (χ0v) is 18.7. The molecule has 5 aromatic rings. The molecule has 0 bridgehead atoms. The van der Waals surface area contributed by atoms with Gasteiger partial charge in [-0.25, -0.2) is 19.3 Å². The van der Waals surface area contributed by atoms with Crippen molar-refractivity contribution in [3.05, 3.63) is 84.1 Å². The van der Waals surface area contributed by atoms with Crippen molar-refractivity contribution in [1.29, 1.82) is 0 Å². The van der Waals surface area contributed by atoms with E-state index in [4.69, 9.17) is 4.74 Å². The van der Waals surface area contributed by atoms with E-state index in [1.807, 2.05) is 0 Å². The minimum atomic E-state index is -0.787. The Hall–Kier alpha value is -4.73. The summed E-state index contributed by atoms with van der Waals surface area (Å²) in [5, 5.41) is 13.7. The number of phenols is 1. The molecule has 0 radical (unpaired) electrons. The maximum Gasteiger partial charge on any atom is 0.255 e. The first kappa shape index (κ1) is 22.1. The van der Waals surface area contributed by atoms with Crippen molar-refractivity contribution in [3.63, 3.8) is 0 Å². The van der Waals surface area contributed by atoms with Crippen molar-refractivity contribution in [2.45, 2.75) is 12.8 Å². The van der Waals surface area contributed by atoms with Crippen LogP contribution in [0.2, 0.25) is 0 Å². The quantitative estimate of drug-likeness (QED) is 0.262. The van der Waals surface area contributed by atoms with E-state index in [-0.39, 0.29) is 17.0 Å². The average molecular weight is 472 g/mol. The number of carbonyl (C=O) groups excluding carboxylic acids is 1. The van der Waals surface area contributed by atoms with Gasteiger partial charge in [-0.2, -0.15) is 0 Å². The van der Waals surface area contributed by atoms with Crippen molar-refractivity contribution < 1.29 is 19.0 Å². The van der Waals surface area contributed by atoms with Crippen molar-refractivity contribution in [1.82, 2.24) is 24.9 Å². The van der Waals surface area contributed by atoms with Crippen LogP contribution in [-0.4, -0.2) is 43.0 Å². The molecule has 0 fully saturated rings. The molecule has 35 heavy (non-hydrogen) atoms. The second-order valence-corrected chi connectivity index (χ2v) is 7.83. The lowest BCUT2D eigenvalue weighted by Gasteiger charge is -2.18. The molecule has 9 nitrogen and oxygen atoms in total. The number of aryl methyl sites for hydroxylation is 1. The number of nitrogens with zero attached hydrogens (tertiary/aromatic N) is 3. The summed E-state index contributed by atoms with van der Waals surface area (Å²) in [7, 11) is 1.47. The first-order chi connectivity index (χ1) is 17.0. The molecule has 176 valence electrons. The van der Waals surface area contributed by atoms with Gasteiger partial charge in [0.15, 0.2) is 5.82 Å². The van der Waals surface area contributed by atoms with Gasteiger partial charge in [0.25, 0.3) is 5.91 Å². The summed E-state index contributed by atoms with van der Waals surface area (Å²) in [6, 6.07) is 9.59. The number of imidazole rings is 2. The number of aromatic nitrogens is 5. The number of hydrogen-bond acceptors (Lipinski definition) is 6. The molecule has 0 atom stereocenters. The van der Waals surface area contributed by atoms with Crippen molar-refractivity contribution in [3.8, 4) is 22.8 Å². The minimum Gasteiger partial charge on any atom is -0.505 e. The predicted octanol–water partition coefficient (Wildman–Crippen LogP) is 4.24. The maximum absolute atomic E-state index is 15.3. The highest BCUT2D eigenvalue weighted by Gasteiger charge is 2.23. The largest absolute Gasteiger partial charge is 0.505 e. The van der Waals surface area contributed by atoms with Gasteiger partial charge in [0, 0.05) is 34.8 Å². The maximum atomic E-state index is 15.3. The lowest BCUT2D eigenvalue weighted by Crippen LogP contribution is -2.14. The highest BCUT2D eigenvalue weighted by atomic mass is 19.1. The molecule has 0 aliphatic rings. The standard InChI is InChI=1S/C25H21FN6O3/c1-35-25-17(3-2-8-28-25)18-10-19(26)22(23(33)16(18)6-5-15-11-27-12-29-15)32-24(34)14-4-7-20-21(9-14)31-13-30-20/h2-4,7-13,33H,5-6H2,1H3,(H,27,29)(H,30,31)(H,32,34). The molecule has 0 saturated carbocycles. The molecule has 0 aliphatic carbocycles. The van der Waals surface area contributed by atoms with Crippen LogP contribution in [0.1, 0.15) is 21.6 Å². The predicted molar refractivity (Wildman–Crippen MR) is 128 cm³/mol. The molecular formula is C25H21FN6O3. The highest BCUT2D eigenvalue weighted by molar-refractivity contribution is 6.07. The van der Waals surface area contributed by atoms with Crippen LogP contribution in [0.5, 0.6) is 11.6 Å². The van der Waals surface area contributed by atoms with Gasteiger partial charge in [-0.3, -0.25) is 4.79 Å². The number of phenolic OH excluding ortho intramolecular Hbond substituents is 1. The SMILES string of the molecule is COc1ncccc1-c1cc(F)c(NC(=O)c2ccc3nc[nH]c3c2)c(O)c1CCc1cnc[nH]1. The number of methoxy groups -OCH3 is 1. The number of halogens is 1. The third kappa shape index (κ3) is 4.29. The molecule has 3 aromatic heterocycles. The fraction of sp³-hybridized carbons (Fsp3) is 0.120. The molecule has 0 aliphatic heterocycles. The average Bonchev–Trinajstić information content (AvgIpc) is 3.57. The molecule has 10 heteroatoms. The Balaban J connectivity index is 1.56. The van der Waals surface area contributed by atoms with E-state index >= 15 is 4.39 Å². The Morgan fingerprint density at radius 2 is 2.00 bits per heavy atom. The number of hydrogen-bond donors (Lipinski definition) is 4. The Kier molecular flexibility index (Phi) is 5.84. The summed E-state index contributed by atoms with van der Waals surface area (Å²) >= 11 is 0. The van der Waals surface area contributed by atoms with Crippen molar-refractivity contribution >= 4 is 22.6 Å². The Bertz CT molecular complexity index is 1510. The number of pyridine rings is 1. The molecule has 2 aromatic carbocycles. The van der Waals surface area contributed by atoms with Crippen molar-refractivity contribution in [2.24, 2.45) is 0 Å². The fourth-order valence-corrected chi connectivity index (χ4v) is 3.99. The van der Waals surface area contributed by atoms with E-state index in [2.05, 4.69) is 30.2 Å². The number of rotatable bonds is 7. The molecule has 3 heterocycles. The lowest BCUT2D eigenvalue weighted by molar-refractivity contribution is 0.102. The van der Waals surface area contributed by atoms with Gasteiger partial charge in [-0.1, -0.05) is 0 Å². The van der Waals surface area contributed by atoms with Gasteiger partial charge in [0.2, 0.25) is 5.88 Å². The molecule has 0 saturated heterocycles. The van der Waals surface area contributed by atoms with Gasteiger partial charge in [-0.05, 0) is 54.8 Å². The fourth-order valence-electron chi connectivity index (χ4n) is 3.99. The summed E-state index contributed by atoms with van der Waals surface area (Å²) in [6.07, 6.45) is 7.17. The monoisotopic (exact) mass is 472 g/mol. The van der Waals surface area contributed by atoms with Gasteiger partial charge in [0.1, 0.15) is 11.4 Å². The van der Waals surface area contributed by atoms with E-state index in [0.717, 1.165) is 5.69 Å². The first-order valence-corrected chi connectivity index (χ1v) is 10.8. The van der Waals surface area contributed by atoms with Crippen LogP contribution < -0.4 is 10.1 Å². The second-order valence-electron chi connectivity index (χ2n) is 7.83. The number of amides is 1. The number of H-pyrrole nitrogens is 2. The van der Waals surface area contributed by atoms with Gasteiger partial charge in [0.05, 0.1) is 30.8 Å². The normalized spacial score (nSPS) is 11.0. The van der Waals surface area contributed by atoms with Crippen LogP contribution in [0.3, 0.4) is 0 Å². The van der Waals surface area contributed by atoms with Crippen LogP contribution in [0.4, 0.5) is 10.1 Å². The smallest absolute Gasteiger partial charge is 0.255 e. The summed E-state index contributed by atoms with van der Waals surface area (Å²) in [5.41, 5.74) is 3.58. The number of aromatic amines is 2. The summed E-state index contributed by atoms with van der Waals surface area (Å²) in [5.74, 6) is -1.42. The molecule has 0 unspecified atom stereocenters. The Morgan fingerprint density at radius 3 is 2.80 bits per heavy atom. The summed E-state index contributed by atoms with van der Waals surface area (Å²) in [6.45, 7) is 0. The van der Waals surface area contributed by atoms with E-state index in [1.54, 1.807) is 49.1 Å². The van der Waals surface area contributed by atoms with Crippen LogP contribution in [0.25, 0.3) is 22.2 Å². The highest BCUT2D eigenvalue weighted by Crippen LogP contribution is 2.41. The number of fused-ring (bicyclic) bond motifs is 1. The Labute approximate surface area is 199 Å². The number of nitrogens with one attached hydrogen (secondary N) is 3. The Morgan fingerprint density at radius 1 is 1.11 bits per heavy atom. The van der Waals surface area contributed by atoms with E-state index in [9.17, 15) is 9.90 Å². The van der Waals surface area contributed by atoms with Crippen LogP contribution in [0, 0.1) is 5.82 Å². The third-order valence-corrected chi connectivity index (χ3v) is 5.73. The summed E-state index contributed by atoms with van der Waals surface area (Å²) in [4.78, 5) is 31.2. The van der Waals surface area contributed by atoms with E-state index < -0.39 is 11.7 Å². The summed E-state index contributed by atoms with van der Waals surface area (Å²) < 4.78 is 20.7. The van der Waals surface area contributed by atoms with Gasteiger partial charge >= 0.3 is 0 Å². The molecular weight excluding hydrogens is 451 g/mol. The lowest BCUT2D eigenvalue weighted by atomic mass is 9.94. The topological polar surface area (TPSA) is 129 Å². The number of anilines is 1. The second kappa shape index (κ2) is 9.26. The van der Waals surface area contributed by atoms with E-state index in [0.29, 0.717) is 46.4 Å². The minimum absolute atomic E-state index is 0.289. The van der Waals surface area contributed by atoms with Crippen LogP contribution >= 0.6 is 0 Å². The number of ether oxygens (including phenoxy) is 1. The van der Waals surface area contributed by atoms with E-state index in [1.165, 1.54) is 19.5 Å². The van der Waals surface area contributed by atoms with Gasteiger partial charge in [-0.15, -0.1) is 0 Å². The van der Waals surface area contributed by atoms with Crippen LogP contribution in [0.15, 0.2) is 61.4 Å².